The highest BCUT2D eigenvalue weighted by atomic mass is 35.5. The number of halogens is 3. The van der Waals surface area contributed by atoms with Crippen LogP contribution in [0.3, 0.4) is 0 Å². The van der Waals surface area contributed by atoms with Gasteiger partial charge in [0.1, 0.15) is 18.4 Å². The van der Waals surface area contributed by atoms with E-state index in [1.54, 1.807) is 19.4 Å². The molecule has 1 fully saturated rings. The maximum atomic E-state index is 6.62. The van der Waals surface area contributed by atoms with Crippen LogP contribution in [0.5, 0.6) is 5.75 Å². The number of benzene rings is 2. The smallest absolute Gasteiger partial charge is 0.174 e. The van der Waals surface area contributed by atoms with E-state index in [1.165, 1.54) is 0 Å². The van der Waals surface area contributed by atoms with Gasteiger partial charge in [0.25, 0.3) is 0 Å². The average molecular weight is 574 g/mol. The highest BCUT2D eigenvalue weighted by Gasteiger charge is 2.42. The SMILES string of the molecule is COCCOc1ccc(N2C(=S)N[C@@H](c3ccccn3)[C@@H]2c2cccn2-c2ccc(Cl)cc2Cl)cc1Cl. The van der Waals surface area contributed by atoms with Crippen molar-refractivity contribution < 1.29 is 9.47 Å². The Bertz CT molecular complexity index is 1420. The molecule has 6 nitrogen and oxygen atoms in total. The summed E-state index contributed by atoms with van der Waals surface area (Å²) in [6.07, 6.45) is 3.75. The van der Waals surface area contributed by atoms with E-state index < -0.39 is 0 Å². The molecule has 2 aromatic heterocycles. The summed E-state index contributed by atoms with van der Waals surface area (Å²) in [4.78, 5) is 6.68. The Morgan fingerprint density at radius 1 is 0.973 bits per heavy atom. The Kier molecular flexibility index (Phi) is 7.88. The molecule has 0 radical (unpaired) electrons. The Morgan fingerprint density at radius 2 is 1.84 bits per heavy atom. The van der Waals surface area contributed by atoms with Gasteiger partial charge in [-0.15, -0.1) is 0 Å². The molecule has 1 N–H and O–H groups in total. The van der Waals surface area contributed by atoms with Crippen LogP contribution in [0.15, 0.2) is 79.1 Å². The summed E-state index contributed by atoms with van der Waals surface area (Å²) in [6.45, 7) is 0.870. The van der Waals surface area contributed by atoms with Gasteiger partial charge in [-0.25, -0.2) is 0 Å². The molecule has 3 heterocycles. The number of anilines is 1. The molecule has 190 valence electrons. The fourth-order valence-electron chi connectivity index (χ4n) is 4.46. The number of aromatic nitrogens is 2. The van der Waals surface area contributed by atoms with Crippen molar-refractivity contribution in [2.75, 3.05) is 25.2 Å². The highest BCUT2D eigenvalue weighted by molar-refractivity contribution is 7.80. The number of hydrogen-bond acceptors (Lipinski definition) is 4. The minimum Gasteiger partial charge on any atom is -0.490 e. The first-order valence-corrected chi connectivity index (χ1v) is 13.1. The van der Waals surface area contributed by atoms with Gasteiger partial charge in [-0.3, -0.25) is 4.98 Å². The van der Waals surface area contributed by atoms with Crippen molar-refractivity contribution in [1.82, 2.24) is 14.9 Å². The molecule has 0 unspecified atom stereocenters. The third-order valence-electron chi connectivity index (χ3n) is 6.09. The maximum Gasteiger partial charge on any atom is 0.174 e. The van der Waals surface area contributed by atoms with Crippen LogP contribution in [0.1, 0.15) is 23.5 Å². The van der Waals surface area contributed by atoms with E-state index in [0.29, 0.717) is 39.1 Å². The van der Waals surface area contributed by atoms with E-state index in [2.05, 4.69) is 21.3 Å². The third-order valence-corrected chi connectivity index (χ3v) is 7.24. The van der Waals surface area contributed by atoms with Gasteiger partial charge in [0, 0.05) is 35.9 Å². The molecule has 2 aromatic carbocycles. The Labute approximate surface area is 235 Å². The molecule has 0 bridgehead atoms. The lowest BCUT2D eigenvalue weighted by atomic mass is 10.0. The zero-order valence-corrected chi connectivity index (χ0v) is 22.9. The Morgan fingerprint density at radius 3 is 2.57 bits per heavy atom. The van der Waals surface area contributed by atoms with Crippen LogP contribution in [0.25, 0.3) is 5.69 Å². The fraction of sp³-hybridized carbons (Fsp3) is 0.185. The quantitative estimate of drug-likeness (QED) is 0.180. The number of rotatable bonds is 8. The number of pyridine rings is 1. The molecule has 0 amide bonds. The monoisotopic (exact) mass is 572 g/mol. The second-order valence-electron chi connectivity index (χ2n) is 8.35. The van der Waals surface area contributed by atoms with Crippen LogP contribution in [0, 0.1) is 0 Å². The first-order valence-electron chi connectivity index (χ1n) is 11.5. The molecule has 2 atom stereocenters. The van der Waals surface area contributed by atoms with Crippen molar-refractivity contribution in [2.45, 2.75) is 12.1 Å². The summed E-state index contributed by atoms with van der Waals surface area (Å²) >= 11 is 25.3. The topological polar surface area (TPSA) is 51.6 Å². The van der Waals surface area contributed by atoms with Gasteiger partial charge < -0.3 is 24.3 Å². The van der Waals surface area contributed by atoms with Gasteiger partial charge in [0.05, 0.1) is 34.1 Å². The van der Waals surface area contributed by atoms with Crippen LogP contribution >= 0.6 is 47.0 Å². The average Bonchev–Trinajstić information content (AvgIpc) is 3.50. The van der Waals surface area contributed by atoms with E-state index in [-0.39, 0.29) is 12.1 Å². The van der Waals surface area contributed by atoms with Gasteiger partial charge in [0.15, 0.2) is 5.11 Å². The van der Waals surface area contributed by atoms with Crippen molar-refractivity contribution in [3.63, 3.8) is 0 Å². The molecular formula is C27H23Cl3N4O2S. The van der Waals surface area contributed by atoms with Crippen molar-refractivity contribution in [3.05, 3.63) is 106 Å². The van der Waals surface area contributed by atoms with Gasteiger partial charge in [-0.2, -0.15) is 0 Å². The molecule has 4 aromatic rings. The first-order chi connectivity index (χ1) is 18.0. The molecule has 1 aliphatic heterocycles. The minimum absolute atomic E-state index is 0.232. The van der Waals surface area contributed by atoms with Crippen molar-refractivity contribution in [1.29, 1.82) is 0 Å². The van der Waals surface area contributed by atoms with E-state index in [4.69, 9.17) is 56.5 Å². The normalized spacial score (nSPS) is 17.2. The molecular weight excluding hydrogens is 551 g/mol. The zero-order chi connectivity index (χ0) is 25.9. The van der Waals surface area contributed by atoms with E-state index >= 15 is 0 Å². The van der Waals surface area contributed by atoms with Gasteiger partial charge >= 0.3 is 0 Å². The van der Waals surface area contributed by atoms with E-state index in [9.17, 15) is 0 Å². The third kappa shape index (κ3) is 5.28. The molecule has 1 saturated heterocycles. The Hall–Kier alpha value is -2.81. The molecule has 5 rings (SSSR count). The van der Waals surface area contributed by atoms with Crippen LogP contribution in [0.4, 0.5) is 5.69 Å². The molecule has 0 saturated carbocycles. The van der Waals surface area contributed by atoms with Crippen LogP contribution in [-0.4, -0.2) is 35.0 Å². The first kappa shape index (κ1) is 25.8. The van der Waals surface area contributed by atoms with Crippen molar-refractivity contribution in [3.8, 4) is 11.4 Å². The second-order valence-corrected chi connectivity index (χ2v) is 9.99. The molecule has 0 aliphatic carbocycles. The minimum atomic E-state index is -0.263. The number of nitrogens with one attached hydrogen (secondary N) is 1. The molecule has 0 spiro atoms. The Balaban J connectivity index is 1.60. The predicted molar refractivity (Wildman–Crippen MR) is 153 cm³/mol. The fourth-order valence-corrected chi connectivity index (χ4v) is 5.53. The number of methoxy groups -OCH3 is 1. The van der Waals surface area contributed by atoms with Gasteiger partial charge in [0.2, 0.25) is 0 Å². The van der Waals surface area contributed by atoms with Gasteiger partial charge in [-0.1, -0.05) is 40.9 Å². The van der Waals surface area contributed by atoms with Crippen molar-refractivity contribution >= 4 is 57.8 Å². The van der Waals surface area contributed by atoms with Crippen LogP contribution < -0.4 is 15.0 Å². The predicted octanol–water partition coefficient (Wildman–Crippen LogP) is 7.03. The second kappa shape index (κ2) is 11.3. The lowest BCUT2D eigenvalue weighted by Gasteiger charge is -2.29. The van der Waals surface area contributed by atoms with Gasteiger partial charge in [-0.05, 0) is 72.9 Å². The summed E-state index contributed by atoms with van der Waals surface area (Å²) in [5, 5.41) is 5.62. The summed E-state index contributed by atoms with van der Waals surface area (Å²) in [5.41, 5.74) is 3.45. The summed E-state index contributed by atoms with van der Waals surface area (Å²) in [6, 6.07) is 20.5. The molecule has 1 aliphatic rings. The molecule has 10 heteroatoms. The maximum absolute atomic E-state index is 6.62. The summed E-state index contributed by atoms with van der Waals surface area (Å²) in [5.74, 6) is 0.578. The standard InChI is InChI=1S/C27H23Cl3N4O2S/c1-35-13-14-36-24-10-8-18(16-20(24)30)34-26(25(32-27(34)37)21-5-2-3-11-31-21)23-6-4-12-33(23)22-9-7-17(28)15-19(22)29/h2-12,15-16,25-26H,13-14H2,1H3,(H,32,37)/t25-,26-/m0/s1. The number of nitrogens with zero attached hydrogens (tertiary/aromatic N) is 3. The largest absolute Gasteiger partial charge is 0.490 e. The van der Waals surface area contributed by atoms with E-state index in [1.807, 2.05) is 65.4 Å². The van der Waals surface area contributed by atoms with Crippen LogP contribution in [0.2, 0.25) is 15.1 Å². The van der Waals surface area contributed by atoms with Crippen LogP contribution in [-0.2, 0) is 4.74 Å². The number of thiocarbonyl (C=S) groups is 1. The summed E-state index contributed by atoms with van der Waals surface area (Å²) in [7, 11) is 1.63. The lowest BCUT2D eigenvalue weighted by Crippen LogP contribution is -2.30. The summed E-state index contributed by atoms with van der Waals surface area (Å²) < 4.78 is 12.9. The number of ether oxygens (including phenoxy) is 2. The van der Waals surface area contributed by atoms with E-state index in [0.717, 1.165) is 22.8 Å². The highest BCUT2D eigenvalue weighted by Crippen LogP contribution is 2.44. The number of hydrogen-bond donors (Lipinski definition) is 1. The molecule has 37 heavy (non-hydrogen) atoms. The van der Waals surface area contributed by atoms with Crippen molar-refractivity contribution in [2.24, 2.45) is 0 Å². The zero-order valence-electron chi connectivity index (χ0n) is 19.8. The lowest BCUT2D eigenvalue weighted by molar-refractivity contribution is 0.146.